The molecule has 0 spiro atoms. The van der Waals surface area contributed by atoms with Crippen LogP contribution in [0.2, 0.25) is 0 Å². The molecular weight excluding hydrogens is 468 g/mol. The van der Waals surface area contributed by atoms with E-state index in [0.29, 0.717) is 62.1 Å². The Bertz CT molecular complexity index is 1420. The summed E-state index contributed by atoms with van der Waals surface area (Å²) >= 11 is 0. The maximum Gasteiger partial charge on any atom is 0.276 e. The van der Waals surface area contributed by atoms with Crippen molar-refractivity contribution >= 4 is 40.0 Å². The van der Waals surface area contributed by atoms with Gasteiger partial charge < -0.3 is 19.9 Å². The second kappa shape index (κ2) is 9.63. The summed E-state index contributed by atoms with van der Waals surface area (Å²) in [5.41, 5.74) is 3.77. The molecule has 0 atom stereocenters. The number of amides is 1. The molecule has 2 aliphatic heterocycles. The third-order valence-electron chi connectivity index (χ3n) is 7.56. The van der Waals surface area contributed by atoms with Crippen LogP contribution in [0, 0.1) is 12.8 Å². The lowest BCUT2D eigenvalue weighted by Gasteiger charge is -2.38. The molecule has 0 bridgehead atoms. The summed E-state index contributed by atoms with van der Waals surface area (Å²) in [5.74, 6) is 0.770. The molecule has 6 rings (SSSR count). The van der Waals surface area contributed by atoms with Crippen molar-refractivity contribution in [3.05, 3.63) is 59.0 Å². The van der Waals surface area contributed by atoms with E-state index >= 15 is 0 Å². The van der Waals surface area contributed by atoms with E-state index in [9.17, 15) is 9.59 Å². The SMILES string of the molecule is C=CC(=O)N1CCN(c2cc3cnc(NC4CC4)nc3n(CC3CCOCC3)c2=O)c2cccc(C)c21. The molecule has 4 heterocycles. The molecule has 1 N–H and O–H groups in total. The summed E-state index contributed by atoms with van der Waals surface area (Å²) in [4.78, 5) is 40.0. The van der Waals surface area contributed by atoms with E-state index < -0.39 is 0 Å². The third kappa shape index (κ3) is 4.48. The smallest absolute Gasteiger partial charge is 0.276 e. The zero-order valence-electron chi connectivity index (χ0n) is 21.2. The fourth-order valence-corrected chi connectivity index (χ4v) is 5.40. The minimum atomic E-state index is -0.144. The summed E-state index contributed by atoms with van der Waals surface area (Å²) in [6.07, 6.45) is 7.23. The number of ether oxygens (including phenoxy) is 1. The van der Waals surface area contributed by atoms with Crippen molar-refractivity contribution in [3.8, 4) is 0 Å². The molecule has 1 aromatic carbocycles. The van der Waals surface area contributed by atoms with Gasteiger partial charge in [0.05, 0.1) is 11.4 Å². The van der Waals surface area contributed by atoms with Crippen LogP contribution in [0.15, 0.2) is 47.9 Å². The van der Waals surface area contributed by atoms with Crippen LogP contribution in [0.3, 0.4) is 0 Å². The highest BCUT2D eigenvalue weighted by molar-refractivity contribution is 6.05. The van der Waals surface area contributed by atoms with Crippen molar-refractivity contribution < 1.29 is 9.53 Å². The number of benzene rings is 1. The van der Waals surface area contributed by atoms with E-state index in [-0.39, 0.29) is 11.5 Å². The summed E-state index contributed by atoms with van der Waals surface area (Å²) in [5, 5.41) is 4.18. The van der Waals surface area contributed by atoms with Gasteiger partial charge >= 0.3 is 0 Å². The van der Waals surface area contributed by atoms with Gasteiger partial charge in [0.15, 0.2) is 0 Å². The van der Waals surface area contributed by atoms with E-state index in [0.717, 1.165) is 48.0 Å². The second-order valence-corrected chi connectivity index (χ2v) is 10.2. The van der Waals surface area contributed by atoms with Crippen LogP contribution in [0.5, 0.6) is 0 Å². The molecule has 1 amide bonds. The first-order chi connectivity index (χ1) is 18.0. The second-order valence-electron chi connectivity index (χ2n) is 10.2. The number of aromatic nitrogens is 3. The first-order valence-corrected chi connectivity index (χ1v) is 13.1. The van der Waals surface area contributed by atoms with Crippen LogP contribution < -0.4 is 20.7 Å². The van der Waals surface area contributed by atoms with Gasteiger partial charge in [-0.15, -0.1) is 0 Å². The Morgan fingerprint density at radius 1 is 1.19 bits per heavy atom. The Morgan fingerprint density at radius 3 is 2.76 bits per heavy atom. The van der Waals surface area contributed by atoms with E-state index in [1.165, 1.54) is 6.08 Å². The van der Waals surface area contributed by atoms with Crippen LogP contribution in [-0.4, -0.2) is 52.8 Å². The predicted molar refractivity (Wildman–Crippen MR) is 145 cm³/mol. The number of hydrogen-bond donors (Lipinski definition) is 1. The Kier molecular flexibility index (Phi) is 6.16. The van der Waals surface area contributed by atoms with Crippen LogP contribution >= 0.6 is 0 Å². The van der Waals surface area contributed by atoms with Gasteiger partial charge in [-0.1, -0.05) is 18.7 Å². The number of rotatable bonds is 6. The number of carbonyl (C=O) groups excluding carboxylic acids is 1. The molecule has 192 valence electrons. The highest BCUT2D eigenvalue weighted by Gasteiger charge is 2.30. The molecule has 0 radical (unpaired) electrons. The Morgan fingerprint density at radius 2 is 2.00 bits per heavy atom. The van der Waals surface area contributed by atoms with E-state index in [1.54, 1.807) is 4.90 Å². The molecule has 3 aliphatic rings. The van der Waals surface area contributed by atoms with Crippen LogP contribution in [-0.2, 0) is 16.1 Å². The fourth-order valence-electron chi connectivity index (χ4n) is 5.40. The predicted octanol–water partition coefficient (Wildman–Crippen LogP) is 3.77. The Labute approximate surface area is 215 Å². The number of nitrogens with one attached hydrogen (secondary N) is 1. The topological polar surface area (TPSA) is 92.6 Å². The monoisotopic (exact) mass is 500 g/mol. The first-order valence-electron chi connectivity index (χ1n) is 13.1. The number of anilines is 4. The quantitative estimate of drug-likeness (QED) is 0.515. The number of nitrogens with zero attached hydrogens (tertiary/aromatic N) is 5. The average Bonchev–Trinajstić information content (AvgIpc) is 3.74. The van der Waals surface area contributed by atoms with Crippen molar-refractivity contribution in [2.24, 2.45) is 5.92 Å². The molecule has 1 saturated heterocycles. The zero-order valence-corrected chi connectivity index (χ0v) is 21.2. The lowest BCUT2D eigenvalue weighted by atomic mass is 10.00. The summed E-state index contributed by atoms with van der Waals surface area (Å²) in [7, 11) is 0. The van der Waals surface area contributed by atoms with E-state index in [2.05, 4.69) is 16.9 Å². The van der Waals surface area contributed by atoms with Crippen molar-refractivity contribution in [1.82, 2.24) is 14.5 Å². The van der Waals surface area contributed by atoms with Gasteiger partial charge in [-0.3, -0.25) is 14.2 Å². The maximum absolute atomic E-state index is 14.2. The van der Waals surface area contributed by atoms with Crippen LogP contribution in [0.4, 0.5) is 23.0 Å². The lowest BCUT2D eigenvalue weighted by molar-refractivity contribution is -0.114. The van der Waals surface area contributed by atoms with Gasteiger partial charge in [-0.2, -0.15) is 4.98 Å². The molecule has 2 fully saturated rings. The average molecular weight is 501 g/mol. The normalized spacial score (nSPS) is 18.1. The molecular formula is C28H32N6O3. The van der Waals surface area contributed by atoms with Crippen LogP contribution in [0.25, 0.3) is 11.0 Å². The fraction of sp³-hybridized carbons (Fsp3) is 0.429. The summed E-state index contributed by atoms with van der Waals surface area (Å²) in [6, 6.07) is 8.23. The van der Waals surface area contributed by atoms with Gasteiger partial charge in [0.2, 0.25) is 5.95 Å². The Balaban J connectivity index is 1.48. The Hall–Kier alpha value is -3.72. The molecule has 1 saturated carbocycles. The minimum absolute atomic E-state index is 0.0778. The molecule has 9 heteroatoms. The van der Waals surface area contributed by atoms with Crippen molar-refractivity contribution in [3.63, 3.8) is 0 Å². The number of carbonyl (C=O) groups is 1. The van der Waals surface area contributed by atoms with Gasteiger partial charge in [0, 0.05) is 50.5 Å². The number of para-hydroxylation sites is 1. The lowest BCUT2D eigenvalue weighted by Crippen LogP contribution is -2.44. The van der Waals surface area contributed by atoms with Crippen molar-refractivity contribution in [1.29, 1.82) is 0 Å². The minimum Gasteiger partial charge on any atom is -0.381 e. The highest BCUT2D eigenvalue weighted by atomic mass is 16.5. The largest absolute Gasteiger partial charge is 0.381 e. The van der Waals surface area contributed by atoms with Gasteiger partial charge in [-0.05, 0) is 62.3 Å². The van der Waals surface area contributed by atoms with E-state index in [1.807, 2.05) is 46.9 Å². The van der Waals surface area contributed by atoms with Crippen molar-refractivity contribution in [2.45, 2.75) is 45.2 Å². The summed E-state index contributed by atoms with van der Waals surface area (Å²) < 4.78 is 7.39. The van der Waals surface area contributed by atoms with E-state index in [4.69, 9.17) is 9.72 Å². The van der Waals surface area contributed by atoms with Gasteiger partial charge in [0.25, 0.3) is 11.5 Å². The number of hydrogen-bond acceptors (Lipinski definition) is 7. The molecule has 1 aliphatic carbocycles. The molecule has 9 nitrogen and oxygen atoms in total. The third-order valence-corrected chi connectivity index (χ3v) is 7.56. The number of pyridine rings is 1. The van der Waals surface area contributed by atoms with Gasteiger partial charge in [-0.25, -0.2) is 4.98 Å². The van der Waals surface area contributed by atoms with Gasteiger partial charge in [0.1, 0.15) is 11.3 Å². The number of fused-ring (bicyclic) bond motifs is 2. The molecule has 2 aromatic heterocycles. The first kappa shape index (κ1) is 23.7. The number of aryl methyl sites for hydroxylation is 1. The zero-order chi connectivity index (χ0) is 25.5. The van der Waals surface area contributed by atoms with Crippen molar-refractivity contribution in [2.75, 3.05) is 41.4 Å². The molecule has 0 unspecified atom stereocenters. The summed E-state index contributed by atoms with van der Waals surface area (Å²) in [6.45, 7) is 8.63. The molecule has 3 aromatic rings. The standard InChI is InChI=1S/C28H32N6O3/c1-3-24(35)33-12-11-32(22-6-4-5-18(2)25(22)33)23-15-20-16-29-28(30-21-7-8-21)31-26(20)34(27(23)36)17-19-9-13-37-14-10-19/h3-6,15-16,19,21H,1,7-14,17H2,2H3,(H,29,30,31). The highest BCUT2D eigenvalue weighted by Crippen LogP contribution is 2.39. The van der Waals surface area contributed by atoms with Crippen LogP contribution in [0.1, 0.15) is 31.2 Å². The molecule has 37 heavy (non-hydrogen) atoms. The maximum atomic E-state index is 14.2.